The SMILES string of the molecule is Cc1ccccc1-n1c(=O)n(C[C@@H]2CCCO2)c(=O)c2c1ncn2Cc1ccc([N+](=O)[O-])cc1. The van der Waals surface area contributed by atoms with Crippen molar-refractivity contribution in [3.63, 3.8) is 0 Å². The van der Waals surface area contributed by atoms with Crippen LogP contribution in [-0.4, -0.2) is 36.3 Å². The average Bonchev–Trinajstić information content (AvgIpc) is 3.49. The Morgan fingerprint density at radius 1 is 1.15 bits per heavy atom. The number of imidazole rings is 1. The minimum Gasteiger partial charge on any atom is -0.376 e. The first-order valence-electron chi connectivity index (χ1n) is 11.1. The zero-order valence-corrected chi connectivity index (χ0v) is 18.6. The second kappa shape index (κ2) is 8.71. The lowest BCUT2D eigenvalue weighted by atomic mass is 10.2. The number of nitro benzene ring substituents is 1. The molecule has 0 unspecified atom stereocenters. The van der Waals surface area contributed by atoms with Gasteiger partial charge in [0.2, 0.25) is 0 Å². The lowest BCUT2D eigenvalue weighted by molar-refractivity contribution is -0.384. The maximum atomic E-state index is 13.6. The van der Waals surface area contributed by atoms with Gasteiger partial charge in [0.25, 0.3) is 11.2 Å². The fraction of sp³-hybridized carbons (Fsp3) is 0.292. The van der Waals surface area contributed by atoms with Crippen molar-refractivity contribution in [1.82, 2.24) is 18.7 Å². The topological polar surface area (TPSA) is 114 Å². The van der Waals surface area contributed by atoms with E-state index in [0.29, 0.717) is 17.8 Å². The van der Waals surface area contributed by atoms with Gasteiger partial charge in [-0.25, -0.2) is 14.3 Å². The molecule has 0 bridgehead atoms. The molecule has 10 heteroatoms. The lowest BCUT2D eigenvalue weighted by Gasteiger charge is -2.16. The number of para-hydroxylation sites is 1. The Kier molecular flexibility index (Phi) is 5.58. The second-order valence-electron chi connectivity index (χ2n) is 8.42. The van der Waals surface area contributed by atoms with Gasteiger partial charge in [-0.05, 0) is 37.0 Å². The van der Waals surface area contributed by atoms with E-state index in [2.05, 4.69) is 4.98 Å². The summed E-state index contributed by atoms with van der Waals surface area (Å²) in [5.74, 6) is 0. The molecule has 0 spiro atoms. The van der Waals surface area contributed by atoms with Gasteiger partial charge < -0.3 is 9.30 Å². The van der Waals surface area contributed by atoms with E-state index in [0.717, 1.165) is 24.0 Å². The monoisotopic (exact) mass is 461 g/mol. The molecule has 3 heterocycles. The van der Waals surface area contributed by atoms with Gasteiger partial charge in [0, 0.05) is 25.3 Å². The van der Waals surface area contributed by atoms with Gasteiger partial charge >= 0.3 is 5.69 Å². The van der Waals surface area contributed by atoms with Crippen molar-refractivity contribution in [3.05, 3.63) is 96.9 Å². The van der Waals surface area contributed by atoms with Crippen molar-refractivity contribution in [3.8, 4) is 5.69 Å². The fourth-order valence-corrected chi connectivity index (χ4v) is 4.40. The van der Waals surface area contributed by atoms with Gasteiger partial charge in [-0.3, -0.25) is 19.5 Å². The first-order chi connectivity index (χ1) is 16.4. The van der Waals surface area contributed by atoms with E-state index in [4.69, 9.17) is 4.74 Å². The zero-order chi connectivity index (χ0) is 23.8. The highest BCUT2D eigenvalue weighted by molar-refractivity contribution is 5.73. The van der Waals surface area contributed by atoms with E-state index in [9.17, 15) is 19.7 Å². The molecule has 0 aliphatic carbocycles. The smallest absolute Gasteiger partial charge is 0.337 e. The third-order valence-electron chi connectivity index (χ3n) is 6.17. The van der Waals surface area contributed by atoms with Crippen LogP contribution in [0.4, 0.5) is 5.69 Å². The molecule has 34 heavy (non-hydrogen) atoms. The normalized spacial score (nSPS) is 15.7. The van der Waals surface area contributed by atoms with Crippen LogP contribution in [0.2, 0.25) is 0 Å². The van der Waals surface area contributed by atoms with Crippen LogP contribution in [-0.2, 0) is 17.8 Å². The van der Waals surface area contributed by atoms with E-state index < -0.39 is 16.2 Å². The summed E-state index contributed by atoms with van der Waals surface area (Å²) in [5, 5.41) is 11.0. The number of nitro groups is 1. The highest BCUT2D eigenvalue weighted by Crippen LogP contribution is 2.19. The molecule has 2 aromatic heterocycles. The summed E-state index contributed by atoms with van der Waals surface area (Å²) >= 11 is 0. The molecule has 0 radical (unpaired) electrons. The number of aromatic nitrogens is 4. The molecule has 0 saturated carbocycles. The van der Waals surface area contributed by atoms with Gasteiger partial charge in [0.15, 0.2) is 11.2 Å². The largest absolute Gasteiger partial charge is 0.376 e. The van der Waals surface area contributed by atoms with Crippen LogP contribution >= 0.6 is 0 Å². The highest BCUT2D eigenvalue weighted by Gasteiger charge is 2.24. The summed E-state index contributed by atoms with van der Waals surface area (Å²) in [6.45, 7) is 2.96. The lowest BCUT2D eigenvalue weighted by Crippen LogP contribution is -2.42. The van der Waals surface area contributed by atoms with E-state index in [1.165, 1.54) is 27.6 Å². The first-order valence-corrected chi connectivity index (χ1v) is 11.1. The van der Waals surface area contributed by atoms with Crippen LogP contribution in [0, 0.1) is 17.0 Å². The van der Waals surface area contributed by atoms with Gasteiger partial charge in [0.05, 0.1) is 29.6 Å². The number of fused-ring (bicyclic) bond motifs is 1. The summed E-state index contributed by atoms with van der Waals surface area (Å²) in [6, 6.07) is 13.6. The molecule has 1 aliphatic heterocycles. The summed E-state index contributed by atoms with van der Waals surface area (Å²) in [5.41, 5.74) is 1.96. The third-order valence-corrected chi connectivity index (χ3v) is 6.17. The van der Waals surface area contributed by atoms with Crippen molar-refractivity contribution in [2.45, 2.75) is 39.0 Å². The summed E-state index contributed by atoms with van der Waals surface area (Å²) in [6.07, 6.45) is 3.01. The van der Waals surface area contributed by atoms with Crippen LogP contribution in [0.1, 0.15) is 24.0 Å². The molecule has 4 aromatic rings. The molecular formula is C24H23N5O5. The molecule has 0 N–H and O–H groups in total. The van der Waals surface area contributed by atoms with E-state index in [1.54, 1.807) is 16.7 Å². The number of nitrogens with zero attached hydrogens (tertiary/aromatic N) is 5. The predicted molar refractivity (Wildman–Crippen MR) is 125 cm³/mol. The average molecular weight is 461 g/mol. The number of ether oxygens (including phenoxy) is 1. The predicted octanol–water partition coefficient (Wildman–Crippen LogP) is 2.79. The Hall–Kier alpha value is -4.05. The minimum atomic E-state index is -0.457. The Morgan fingerprint density at radius 2 is 1.91 bits per heavy atom. The number of benzene rings is 2. The van der Waals surface area contributed by atoms with Gasteiger partial charge in [0.1, 0.15) is 0 Å². The Balaban J connectivity index is 1.69. The highest BCUT2D eigenvalue weighted by atomic mass is 16.6. The third kappa shape index (κ3) is 3.81. The molecule has 10 nitrogen and oxygen atoms in total. The molecule has 2 aromatic carbocycles. The minimum absolute atomic E-state index is 0.00782. The maximum absolute atomic E-state index is 13.6. The summed E-state index contributed by atoms with van der Waals surface area (Å²) in [4.78, 5) is 42.1. The first kappa shape index (κ1) is 21.8. The van der Waals surface area contributed by atoms with Crippen LogP contribution in [0.5, 0.6) is 0 Å². The van der Waals surface area contributed by atoms with Crippen LogP contribution < -0.4 is 11.2 Å². The van der Waals surface area contributed by atoms with Crippen LogP contribution in [0.3, 0.4) is 0 Å². The Labute approximate surface area is 193 Å². The van der Waals surface area contributed by atoms with Gasteiger partial charge in [-0.2, -0.15) is 0 Å². The molecule has 0 amide bonds. The van der Waals surface area contributed by atoms with Crippen molar-refractivity contribution in [2.75, 3.05) is 6.61 Å². The van der Waals surface area contributed by atoms with Crippen LogP contribution in [0.15, 0.2) is 64.4 Å². The Bertz CT molecular complexity index is 1490. The molecule has 1 saturated heterocycles. The van der Waals surface area contributed by atoms with Crippen molar-refractivity contribution in [1.29, 1.82) is 0 Å². The van der Waals surface area contributed by atoms with E-state index in [1.807, 2.05) is 31.2 Å². The fourth-order valence-electron chi connectivity index (χ4n) is 4.40. The number of non-ortho nitro benzene ring substituents is 1. The van der Waals surface area contributed by atoms with Gasteiger partial charge in [-0.1, -0.05) is 30.3 Å². The molecule has 1 aliphatic rings. The van der Waals surface area contributed by atoms with E-state index >= 15 is 0 Å². The number of aryl methyl sites for hydroxylation is 1. The summed E-state index contributed by atoms with van der Waals surface area (Å²) < 4.78 is 10.1. The number of hydrogen-bond acceptors (Lipinski definition) is 6. The molecule has 1 fully saturated rings. The molecule has 5 rings (SSSR count). The van der Waals surface area contributed by atoms with Crippen molar-refractivity contribution in [2.24, 2.45) is 0 Å². The van der Waals surface area contributed by atoms with Crippen LogP contribution in [0.25, 0.3) is 16.9 Å². The number of rotatable bonds is 6. The number of hydrogen-bond donors (Lipinski definition) is 0. The van der Waals surface area contributed by atoms with E-state index in [-0.39, 0.29) is 30.5 Å². The molecular weight excluding hydrogens is 438 g/mol. The molecule has 1 atom stereocenters. The van der Waals surface area contributed by atoms with Crippen molar-refractivity contribution >= 4 is 16.9 Å². The maximum Gasteiger partial charge on any atom is 0.337 e. The van der Waals surface area contributed by atoms with Gasteiger partial charge in [-0.15, -0.1) is 0 Å². The summed E-state index contributed by atoms with van der Waals surface area (Å²) in [7, 11) is 0. The van der Waals surface area contributed by atoms with Crippen molar-refractivity contribution < 1.29 is 9.66 Å². The molecule has 174 valence electrons. The Morgan fingerprint density at radius 3 is 2.59 bits per heavy atom. The quantitative estimate of drug-likeness (QED) is 0.322. The standard InChI is InChI=1S/C24H23N5O5/c1-16-5-2-3-7-20(16)28-22-21(23(30)27(24(28)31)14-19-6-4-12-34-19)26(15-25-22)13-17-8-10-18(11-9-17)29(32)33/h2-3,5,7-11,15,19H,4,6,12-14H2,1H3/t19-/m0/s1. The second-order valence-corrected chi connectivity index (χ2v) is 8.42. The zero-order valence-electron chi connectivity index (χ0n) is 18.6.